The smallest absolute Gasteiger partial charge is 0.221 e. The summed E-state index contributed by atoms with van der Waals surface area (Å²) >= 11 is 1.67. The van der Waals surface area contributed by atoms with Crippen molar-refractivity contribution in [1.82, 2.24) is 15.0 Å². The first-order valence-electron chi connectivity index (χ1n) is 6.85. The molecule has 108 valence electrons. The van der Waals surface area contributed by atoms with Crippen molar-refractivity contribution < 1.29 is 4.74 Å². The molecule has 0 atom stereocenters. The standard InChI is InChI=1S/C14H20N4OS/c1-4-11-13(15-5-2)16-8-17-14(11)19-7-6-12-10(3)18-9-20-12/h8-9H,4-7H2,1-3H3,(H,15,16,17). The summed E-state index contributed by atoms with van der Waals surface area (Å²) in [7, 11) is 0. The average molecular weight is 292 g/mol. The largest absolute Gasteiger partial charge is 0.477 e. The lowest BCUT2D eigenvalue weighted by Crippen LogP contribution is -2.09. The Kier molecular flexibility index (Phi) is 5.29. The molecule has 0 saturated carbocycles. The maximum atomic E-state index is 5.83. The van der Waals surface area contributed by atoms with Gasteiger partial charge in [-0.1, -0.05) is 6.92 Å². The summed E-state index contributed by atoms with van der Waals surface area (Å²) < 4.78 is 5.83. The Morgan fingerprint density at radius 1 is 1.25 bits per heavy atom. The molecule has 20 heavy (non-hydrogen) atoms. The molecule has 0 aromatic carbocycles. The molecule has 0 bridgehead atoms. The van der Waals surface area contributed by atoms with E-state index in [1.54, 1.807) is 17.7 Å². The van der Waals surface area contributed by atoms with E-state index < -0.39 is 0 Å². The first kappa shape index (κ1) is 14.7. The quantitative estimate of drug-likeness (QED) is 0.850. The molecule has 0 spiro atoms. The molecule has 0 amide bonds. The SMILES string of the molecule is CCNc1ncnc(OCCc2scnc2C)c1CC. The predicted octanol–water partition coefficient (Wildman–Crippen LogP) is 2.86. The van der Waals surface area contributed by atoms with Crippen LogP contribution in [0.4, 0.5) is 5.82 Å². The Balaban J connectivity index is 2.02. The summed E-state index contributed by atoms with van der Waals surface area (Å²) in [6.07, 6.45) is 3.25. The number of ether oxygens (including phenoxy) is 1. The van der Waals surface area contributed by atoms with Crippen LogP contribution in [0.15, 0.2) is 11.8 Å². The topological polar surface area (TPSA) is 59.9 Å². The van der Waals surface area contributed by atoms with Crippen molar-refractivity contribution in [2.45, 2.75) is 33.6 Å². The summed E-state index contributed by atoms with van der Waals surface area (Å²) in [5.41, 5.74) is 4.00. The van der Waals surface area contributed by atoms with Crippen molar-refractivity contribution in [3.63, 3.8) is 0 Å². The summed E-state index contributed by atoms with van der Waals surface area (Å²) in [6.45, 7) is 7.60. The number of hydrogen-bond donors (Lipinski definition) is 1. The van der Waals surface area contributed by atoms with Gasteiger partial charge in [0, 0.05) is 17.8 Å². The van der Waals surface area contributed by atoms with E-state index in [1.807, 2.05) is 12.4 Å². The molecule has 0 unspecified atom stereocenters. The van der Waals surface area contributed by atoms with Crippen LogP contribution in [-0.2, 0) is 12.8 Å². The van der Waals surface area contributed by atoms with Crippen molar-refractivity contribution in [3.8, 4) is 5.88 Å². The first-order chi connectivity index (χ1) is 9.76. The van der Waals surface area contributed by atoms with Gasteiger partial charge in [0.15, 0.2) is 0 Å². The molecule has 0 saturated heterocycles. The molecule has 2 aromatic heterocycles. The predicted molar refractivity (Wildman–Crippen MR) is 81.6 cm³/mol. The van der Waals surface area contributed by atoms with Gasteiger partial charge in [-0.25, -0.2) is 15.0 Å². The van der Waals surface area contributed by atoms with Crippen LogP contribution in [0.5, 0.6) is 5.88 Å². The van der Waals surface area contributed by atoms with Gasteiger partial charge in [0.05, 0.1) is 23.4 Å². The fraction of sp³-hybridized carbons (Fsp3) is 0.500. The Morgan fingerprint density at radius 2 is 2.10 bits per heavy atom. The van der Waals surface area contributed by atoms with E-state index in [2.05, 4.69) is 34.1 Å². The summed E-state index contributed by atoms with van der Waals surface area (Å²) in [5.74, 6) is 1.55. The molecule has 6 heteroatoms. The van der Waals surface area contributed by atoms with Crippen molar-refractivity contribution in [1.29, 1.82) is 0 Å². The van der Waals surface area contributed by atoms with Crippen LogP contribution in [-0.4, -0.2) is 28.1 Å². The van der Waals surface area contributed by atoms with Gasteiger partial charge in [0.2, 0.25) is 5.88 Å². The van der Waals surface area contributed by atoms with Crippen LogP contribution in [0.3, 0.4) is 0 Å². The lowest BCUT2D eigenvalue weighted by molar-refractivity contribution is 0.306. The zero-order valence-electron chi connectivity index (χ0n) is 12.1. The van der Waals surface area contributed by atoms with Crippen molar-refractivity contribution in [2.75, 3.05) is 18.5 Å². The maximum absolute atomic E-state index is 5.83. The highest BCUT2D eigenvalue weighted by Gasteiger charge is 2.11. The lowest BCUT2D eigenvalue weighted by Gasteiger charge is -2.12. The number of aromatic nitrogens is 3. The van der Waals surface area contributed by atoms with Crippen LogP contribution in [0.1, 0.15) is 30.0 Å². The maximum Gasteiger partial charge on any atom is 0.221 e. The van der Waals surface area contributed by atoms with Crippen molar-refractivity contribution in [3.05, 3.63) is 28.0 Å². The second-order valence-electron chi connectivity index (χ2n) is 4.35. The molecule has 0 aliphatic heterocycles. The van der Waals surface area contributed by atoms with E-state index in [9.17, 15) is 0 Å². The van der Waals surface area contributed by atoms with Gasteiger partial charge in [-0.15, -0.1) is 11.3 Å². The van der Waals surface area contributed by atoms with E-state index in [1.165, 1.54) is 4.88 Å². The molecule has 0 radical (unpaired) electrons. The molecular weight excluding hydrogens is 272 g/mol. The molecule has 0 aliphatic carbocycles. The lowest BCUT2D eigenvalue weighted by atomic mass is 10.2. The monoisotopic (exact) mass is 292 g/mol. The van der Waals surface area contributed by atoms with Gasteiger partial charge in [-0.05, 0) is 20.3 Å². The van der Waals surface area contributed by atoms with Gasteiger partial charge in [-0.3, -0.25) is 0 Å². The highest BCUT2D eigenvalue weighted by atomic mass is 32.1. The average Bonchev–Trinajstić information content (AvgIpc) is 2.85. The van der Waals surface area contributed by atoms with Crippen LogP contribution in [0, 0.1) is 6.92 Å². The Hall–Kier alpha value is -1.69. The zero-order chi connectivity index (χ0) is 14.4. The molecule has 0 aliphatic rings. The molecule has 1 N–H and O–H groups in total. The van der Waals surface area contributed by atoms with Gasteiger partial charge in [0.25, 0.3) is 0 Å². The summed E-state index contributed by atoms with van der Waals surface area (Å²) in [6, 6.07) is 0. The number of aryl methyl sites for hydroxylation is 1. The van der Waals surface area contributed by atoms with E-state index in [4.69, 9.17) is 4.74 Å². The number of thiazole rings is 1. The first-order valence-corrected chi connectivity index (χ1v) is 7.73. The molecule has 0 fully saturated rings. The third-order valence-corrected chi connectivity index (χ3v) is 4.01. The Labute approximate surface area is 123 Å². The molecular formula is C14H20N4OS. The van der Waals surface area contributed by atoms with E-state index >= 15 is 0 Å². The third-order valence-electron chi connectivity index (χ3n) is 3.02. The van der Waals surface area contributed by atoms with E-state index in [0.29, 0.717) is 12.5 Å². The second kappa shape index (κ2) is 7.19. The summed E-state index contributed by atoms with van der Waals surface area (Å²) in [4.78, 5) is 14.0. The van der Waals surface area contributed by atoms with E-state index in [-0.39, 0.29) is 0 Å². The van der Waals surface area contributed by atoms with Gasteiger partial charge in [-0.2, -0.15) is 0 Å². The highest BCUT2D eigenvalue weighted by Crippen LogP contribution is 2.23. The fourth-order valence-electron chi connectivity index (χ4n) is 1.97. The number of hydrogen-bond acceptors (Lipinski definition) is 6. The molecule has 5 nitrogen and oxygen atoms in total. The van der Waals surface area contributed by atoms with Gasteiger partial charge in [0.1, 0.15) is 12.1 Å². The van der Waals surface area contributed by atoms with Crippen LogP contribution in [0.2, 0.25) is 0 Å². The third kappa shape index (κ3) is 3.45. The second-order valence-corrected chi connectivity index (χ2v) is 5.29. The highest BCUT2D eigenvalue weighted by molar-refractivity contribution is 7.09. The van der Waals surface area contributed by atoms with Gasteiger partial charge < -0.3 is 10.1 Å². The van der Waals surface area contributed by atoms with Gasteiger partial charge >= 0.3 is 0 Å². The van der Waals surface area contributed by atoms with Crippen LogP contribution >= 0.6 is 11.3 Å². The Morgan fingerprint density at radius 3 is 2.75 bits per heavy atom. The van der Waals surface area contributed by atoms with Crippen LogP contribution < -0.4 is 10.1 Å². The minimum atomic E-state index is 0.610. The van der Waals surface area contributed by atoms with Crippen molar-refractivity contribution in [2.24, 2.45) is 0 Å². The molecule has 2 heterocycles. The number of rotatable bonds is 7. The van der Waals surface area contributed by atoms with E-state index in [0.717, 1.165) is 36.5 Å². The number of anilines is 1. The zero-order valence-corrected chi connectivity index (χ0v) is 13.0. The number of nitrogens with one attached hydrogen (secondary N) is 1. The normalized spacial score (nSPS) is 10.6. The van der Waals surface area contributed by atoms with Crippen LogP contribution in [0.25, 0.3) is 0 Å². The fourth-order valence-corrected chi connectivity index (χ4v) is 2.73. The Bertz CT molecular complexity index is 556. The molecule has 2 rings (SSSR count). The number of nitrogens with zero attached hydrogens (tertiary/aromatic N) is 3. The molecule has 2 aromatic rings. The summed E-state index contributed by atoms with van der Waals surface area (Å²) in [5, 5.41) is 3.24. The minimum Gasteiger partial charge on any atom is -0.477 e. The minimum absolute atomic E-state index is 0.610. The van der Waals surface area contributed by atoms with Crippen molar-refractivity contribution >= 4 is 17.2 Å².